The fourth-order valence-electron chi connectivity index (χ4n) is 4.35. The van der Waals surface area contributed by atoms with Gasteiger partial charge in [0.1, 0.15) is 29.0 Å². The maximum Gasteiger partial charge on any atom is 0.147 e. The lowest BCUT2D eigenvalue weighted by atomic mass is 10.0. The van der Waals surface area contributed by atoms with Gasteiger partial charge in [-0.25, -0.2) is 17.6 Å². The average Bonchev–Trinajstić information content (AvgIpc) is 2.97. The van der Waals surface area contributed by atoms with Crippen LogP contribution in [-0.2, 0) is 11.3 Å². The minimum absolute atomic E-state index is 0.00407. The first-order valence-corrected chi connectivity index (χ1v) is 16.1. The van der Waals surface area contributed by atoms with Crippen LogP contribution in [0.15, 0.2) is 66.9 Å². The predicted octanol–water partition coefficient (Wildman–Crippen LogP) is 12.3. The van der Waals surface area contributed by atoms with Gasteiger partial charge in [-0.3, -0.25) is 4.98 Å². The molecule has 0 aliphatic carbocycles. The minimum atomic E-state index is -0.632. The zero-order valence-corrected chi connectivity index (χ0v) is 30.3. The third-order valence-corrected chi connectivity index (χ3v) is 7.32. The second-order valence-electron chi connectivity index (χ2n) is 12.3. The van der Waals surface area contributed by atoms with Gasteiger partial charge in [0.2, 0.25) is 0 Å². The highest BCUT2D eigenvalue weighted by Gasteiger charge is 2.09. The molecule has 1 heterocycles. The molecule has 0 aliphatic rings. The lowest BCUT2D eigenvalue weighted by Gasteiger charge is -2.08. The molecule has 1 aromatic heterocycles. The van der Waals surface area contributed by atoms with Crippen LogP contribution in [-0.4, -0.2) is 19.2 Å². The van der Waals surface area contributed by atoms with E-state index >= 15 is 0 Å². The number of aromatic nitrogens is 1. The first-order chi connectivity index (χ1) is 22.0. The van der Waals surface area contributed by atoms with E-state index in [1.165, 1.54) is 0 Å². The monoisotopic (exact) mass is 675 g/mol. The summed E-state index contributed by atoms with van der Waals surface area (Å²) in [6.07, 6.45) is 1.03. The second kappa shape index (κ2) is 20.7. The number of ether oxygens (including phenoxy) is 2. The molecule has 0 saturated carbocycles. The Morgan fingerprint density at radius 3 is 1.60 bits per heavy atom. The first kappa shape index (κ1) is 41.6. The van der Waals surface area contributed by atoms with Crippen molar-refractivity contribution in [1.82, 2.24) is 4.98 Å². The maximum atomic E-state index is 13.4. The lowest BCUT2D eigenvalue weighted by molar-refractivity contribution is 0.184. The minimum Gasteiger partial charge on any atom is -0.497 e. The van der Waals surface area contributed by atoms with Crippen LogP contribution < -0.4 is 4.74 Å². The summed E-state index contributed by atoms with van der Waals surface area (Å²) in [6.45, 7) is 18.2. The Morgan fingerprint density at radius 1 is 0.638 bits per heavy atom. The molecule has 258 valence electrons. The second-order valence-corrected chi connectivity index (χ2v) is 12.7. The molecule has 0 fully saturated rings. The van der Waals surface area contributed by atoms with E-state index in [0.717, 1.165) is 50.9 Å². The SMILES string of the molecule is CC(C)c1ncc(F)cc1F.COCc1ccc(C(C)C)c(F)c1.COc1ccc(C(C)C)c(Cl)c1.Cc1ccc(C(C)C)c(F)c1. The normalized spacial score (nSPS) is 10.6. The molecule has 4 aromatic rings. The molecule has 8 heteroatoms. The van der Waals surface area contributed by atoms with E-state index in [9.17, 15) is 17.6 Å². The van der Waals surface area contributed by atoms with Crippen molar-refractivity contribution in [3.8, 4) is 5.75 Å². The van der Waals surface area contributed by atoms with Crippen LogP contribution in [0, 0.1) is 30.2 Å². The Hall–Kier alpha value is -3.42. The summed E-state index contributed by atoms with van der Waals surface area (Å²) in [6, 6.07) is 17.3. The van der Waals surface area contributed by atoms with Gasteiger partial charge in [0, 0.05) is 18.2 Å². The predicted molar refractivity (Wildman–Crippen MR) is 187 cm³/mol. The van der Waals surface area contributed by atoms with Crippen molar-refractivity contribution in [2.45, 2.75) is 92.6 Å². The van der Waals surface area contributed by atoms with Gasteiger partial charge >= 0.3 is 0 Å². The van der Waals surface area contributed by atoms with E-state index in [4.69, 9.17) is 21.1 Å². The van der Waals surface area contributed by atoms with Crippen LogP contribution in [0.4, 0.5) is 17.6 Å². The number of nitrogens with zero attached hydrogens (tertiary/aromatic N) is 1. The molecule has 0 bridgehead atoms. The highest BCUT2D eigenvalue weighted by Crippen LogP contribution is 2.28. The van der Waals surface area contributed by atoms with Crippen molar-refractivity contribution in [2.24, 2.45) is 0 Å². The van der Waals surface area contributed by atoms with Gasteiger partial charge in [-0.2, -0.15) is 0 Å². The van der Waals surface area contributed by atoms with Crippen LogP contribution in [0.1, 0.15) is 113 Å². The highest BCUT2D eigenvalue weighted by molar-refractivity contribution is 6.31. The number of benzene rings is 3. The molecule has 0 atom stereocenters. The van der Waals surface area contributed by atoms with Crippen molar-refractivity contribution in [3.05, 3.63) is 129 Å². The van der Waals surface area contributed by atoms with Crippen molar-refractivity contribution >= 4 is 11.6 Å². The fraction of sp³-hybridized carbons (Fsp3) is 0.410. The van der Waals surface area contributed by atoms with E-state index in [1.807, 2.05) is 90.9 Å². The molecule has 0 N–H and O–H groups in total. The Morgan fingerprint density at radius 2 is 1.17 bits per heavy atom. The Balaban J connectivity index is 0.000000314. The van der Waals surface area contributed by atoms with Gasteiger partial charge in [-0.05, 0) is 82.7 Å². The van der Waals surface area contributed by atoms with Crippen LogP contribution in [0.25, 0.3) is 0 Å². The van der Waals surface area contributed by atoms with E-state index in [1.54, 1.807) is 26.4 Å². The molecule has 3 aromatic carbocycles. The number of halogens is 5. The van der Waals surface area contributed by atoms with Gasteiger partial charge in [-0.15, -0.1) is 0 Å². The number of hydrogen-bond acceptors (Lipinski definition) is 3. The number of methoxy groups -OCH3 is 2. The summed E-state index contributed by atoms with van der Waals surface area (Å²) >= 11 is 6.02. The molecule has 3 nitrogen and oxygen atoms in total. The molecule has 0 radical (unpaired) electrons. The van der Waals surface area contributed by atoms with Crippen molar-refractivity contribution < 1.29 is 27.0 Å². The van der Waals surface area contributed by atoms with E-state index < -0.39 is 11.6 Å². The van der Waals surface area contributed by atoms with Gasteiger partial charge in [0.15, 0.2) is 0 Å². The smallest absolute Gasteiger partial charge is 0.147 e. The third kappa shape index (κ3) is 14.5. The summed E-state index contributed by atoms with van der Waals surface area (Å²) < 4.78 is 61.5. The fourth-order valence-corrected chi connectivity index (χ4v) is 4.74. The highest BCUT2D eigenvalue weighted by atomic mass is 35.5. The zero-order chi connectivity index (χ0) is 35.8. The Kier molecular flexibility index (Phi) is 18.4. The van der Waals surface area contributed by atoms with Gasteiger partial charge < -0.3 is 9.47 Å². The molecule has 0 amide bonds. The lowest BCUT2D eigenvalue weighted by Crippen LogP contribution is -1.97. The van der Waals surface area contributed by atoms with Crippen molar-refractivity contribution in [1.29, 1.82) is 0 Å². The molecule has 0 saturated heterocycles. The zero-order valence-electron chi connectivity index (χ0n) is 29.5. The molecule has 0 aliphatic heterocycles. The van der Waals surface area contributed by atoms with Gasteiger partial charge in [0.05, 0.1) is 25.6 Å². The van der Waals surface area contributed by atoms with Crippen LogP contribution in [0.2, 0.25) is 5.02 Å². The van der Waals surface area contributed by atoms with Crippen molar-refractivity contribution in [2.75, 3.05) is 14.2 Å². The summed E-state index contributed by atoms with van der Waals surface area (Å²) in [4.78, 5) is 3.63. The van der Waals surface area contributed by atoms with Gasteiger partial charge in [0.25, 0.3) is 0 Å². The Bertz CT molecular complexity index is 1470. The standard InChI is InChI=1S/C11H15FO.C10H13ClO.C10H13F.C8H9F2N/c1-8(2)10-5-4-9(7-13-3)6-11(10)12;1-7(2)9-5-4-8(12-3)6-10(9)11;1-7(2)9-5-4-8(3)6-10(9)11;1-5(2)8-7(10)3-6(9)4-11-8/h4-6,8H,7H2,1-3H3;4-7H,1-3H3;4-7H,1-3H3;3-5H,1-2H3. The topological polar surface area (TPSA) is 31.4 Å². The first-order valence-electron chi connectivity index (χ1n) is 15.7. The van der Waals surface area contributed by atoms with E-state index in [2.05, 4.69) is 18.8 Å². The molecule has 4 rings (SSSR count). The summed E-state index contributed by atoms with van der Waals surface area (Å²) in [5.74, 6) is 0.354. The largest absolute Gasteiger partial charge is 0.497 e. The number of pyridine rings is 1. The third-order valence-electron chi connectivity index (χ3n) is 6.99. The molecular formula is C39H50ClF4NO2. The Labute approximate surface area is 284 Å². The van der Waals surface area contributed by atoms with E-state index in [-0.39, 0.29) is 29.4 Å². The molecule has 0 unspecified atom stereocenters. The molecular weight excluding hydrogens is 626 g/mol. The van der Waals surface area contributed by atoms with Crippen LogP contribution >= 0.6 is 11.6 Å². The van der Waals surface area contributed by atoms with Crippen molar-refractivity contribution in [3.63, 3.8) is 0 Å². The summed E-state index contributed by atoms with van der Waals surface area (Å²) in [5.41, 5.74) is 4.90. The molecule has 0 spiro atoms. The average molecular weight is 676 g/mol. The van der Waals surface area contributed by atoms with E-state index in [0.29, 0.717) is 18.2 Å². The number of rotatable bonds is 7. The molecule has 47 heavy (non-hydrogen) atoms. The van der Waals surface area contributed by atoms with Crippen LogP contribution in [0.5, 0.6) is 5.75 Å². The van der Waals surface area contributed by atoms with Crippen LogP contribution in [0.3, 0.4) is 0 Å². The quantitative estimate of drug-likeness (QED) is 0.183. The number of aryl methyl sites for hydroxylation is 1. The summed E-state index contributed by atoms with van der Waals surface area (Å²) in [5, 5.41) is 0.782. The maximum absolute atomic E-state index is 13.4. The van der Waals surface area contributed by atoms with Gasteiger partial charge in [-0.1, -0.05) is 97.3 Å². The summed E-state index contributed by atoms with van der Waals surface area (Å²) in [7, 11) is 3.25. The number of hydrogen-bond donors (Lipinski definition) is 0.